The van der Waals surface area contributed by atoms with Crippen LogP contribution in [0.15, 0.2) is 21.6 Å². The summed E-state index contributed by atoms with van der Waals surface area (Å²) in [5.41, 5.74) is 0.628. The van der Waals surface area contributed by atoms with E-state index in [1.165, 1.54) is 13.2 Å². The minimum absolute atomic E-state index is 0.205. The fraction of sp³-hybridized carbons (Fsp3) is 0.462. The molecule has 18 heavy (non-hydrogen) atoms. The van der Waals surface area contributed by atoms with E-state index in [4.69, 9.17) is 4.74 Å². The highest BCUT2D eigenvalue weighted by Gasteiger charge is 2.39. The van der Waals surface area contributed by atoms with Crippen molar-refractivity contribution in [3.8, 4) is 0 Å². The van der Waals surface area contributed by atoms with Gasteiger partial charge in [-0.05, 0) is 37.0 Å². The first kappa shape index (κ1) is 13.4. The maximum absolute atomic E-state index is 14.0. The van der Waals surface area contributed by atoms with E-state index in [9.17, 15) is 9.18 Å². The van der Waals surface area contributed by atoms with Crippen molar-refractivity contribution in [1.82, 2.24) is 0 Å². The van der Waals surface area contributed by atoms with Crippen molar-refractivity contribution in [2.24, 2.45) is 4.99 Å². The molecule has 0 aliphatic heterocycles. The third-order valence-corrected chi connectivity index (χ3v) is 4.11. The van der Waals surface area contributed by atoms with Gasteiger partial charge in [-0.25, -0.2) is 9.18 Å². The summed E-state index contributed by atoms with van der Waals surface area (Å²) < 4.78 is 19.6. The summed E-state index contributed by atoms with van der Waals surface area (Å²) in [4.78, 5) is 14.4. The molecule has 0 radical (unpaired) electrons. The molecule has 0 spiro atoms. The Balaban J connectivity index is 2.44. The highest BCUT2D eigenvalue weighted by atomic mass is 79.9. The van der Waals surface area contributed by atoms with Crippen LogP contribution in [0, 0.1) is 5.82 Å². The monoisotopic (exact) mass is 313 g/mol. The normalized spacial score (nSPS) is 16.8. The van der Waals surface area contributed by atoms with Gasteiger partial charge in [0.15, 0.2) is 0 Å². The first-order chi connectivity index (χ1) is 8.63. The van der Waals surface area contributed by atoms with Crippen molar-refractivity contribution < 1.29 is 13.9 Å². The predicted molar refractivity (Wildman–Crippen MR) is 68.5 cm³/mol. The first-order valence-electron chi connectivity index (χ1n) is 5.69. The van der Waals surface area contributed by atoms with E-state index in [2.05, 4.69) is 20.9 Å². The molecule has 0 bridgehead atoms. The molecule has 1 aliphatic rings. The van der Waals surface area contributed by atoms with Gasteiger partial charge in [-0.2, -0.15) is 4.99 Å². The predicted octanol–water partition coefficient (Wildman–Crippen LogP) is 3.45. The molecule has 1 fully saturated rings. The van der Waals surface area contributed by atoms with Crippen molar-refractivity contribution in [2.45, 2.75) is 31.4 Å². The number of methoxy groups -OCH3 is 1. The molecule has 5 heteroatoms. The lowest BCUT2D eigenvalue weighted by Gasteiger charge is -2.37. The van der Waals surface area contributed by atoms with Crippen LogP contribution < -0.4 is 0 Å². The highest BCUT2D eigenvalue weighted by Crippen LogP contribution is 2.45. The van der Waals surface area contributed by atoms with Crippen LogP contribution in [0.2, 0.25) is 0 Å². The van der Waals surface area contributed by atoms with Crippen molar-refractivity contribution in [3.05, 3.63) is 33.5 Å². The molecule has 1 aliphatic carbocycles. The van der Waals surface area contributed by atoms with Crippen LogP contribution >= 0.6 is 15.9 Å². The second kappa shape index (κ2) is 5.31. The van der Waals surface area contributed by atoms with Gasteiger partial charge in [0.25, 0.3) is 0 Å². The van der Waals surface area contributed by atoms with E-state index in [-0.39, 0.29) is 12.4 Å². The molecular formula is C13H13BrFNO2. The minimum atomic E-state index is -0.573. The van der Waals surface area contributed by atoms with Gasteiger partial charge in [0.05, 0.1) is 12.1 Å². The zero-order valence-corrected chi connectivity index (χ0v) is 11.6. The topological polar surface area (TPSA) is 38.7 Å². The summed E-state index contributed by atoms with van der Waals surface area (Å²) in [5, 5.41) is 0. The number of aliphatic imine (C=N–C) groups is 1. The van der Waals surface area contributed by atoms with Gasteiger partial charge in [-0.15, -0.1) is 0 Å². The Morgan fingerprint density at radius 1 is 1.56 bits per heavy atom. The molecule has 1 aromatic rings. The van der Waals surface area contributed by atoms with Crippen LogP contribution in [0.1, 0.15) is 30.4 Å². The van der Waals surface area contributed by atoms with E-state index >= 15 is 0 Å². The van der Waals surface area contributed by atoms with Gasteiger partial charge in [-0.3, -0.25) is 0 Å². The maximum Gasteiger partial charge on any atom is 0.235 e. The smallest absolute Gasteiger partial charge is 0.235 e. The third kappa shape index (κ3) is 2.26. The van der Waals surface area contributed by atoms with Gasteiger partial charge in [-0.1, -0.05) is 15.9 Å². The summed E-state index contributed by atoms with van der Waals surface area (Å²) in [6.07, 6.45) is 4.11. The van der Waals surface area contributed by atoms with Crippen LogP contribution in [0.3, 0.4) is 0 Å². The Hall–Kier alpha value is -1.03. The zero-order valence-electron chi connectivity index (χ0n) is 10.0. The van der Waals surface area contributed by atoms with Gasteiger partial charge < -0.3 is 4.74 Å². The molecule has 2 rings (SSSR count). The number of carbonyl (C=O) groups excluding carboxylic acids is 1. The van der Waals surface area contributed by atoms with Gasteiger partial charge >= 0.3 is 0 Å². The van der Waals surface area contributed by atoms with Crippen molar-refractivity contribution >= 4 is 22.0 Å². The van der Waals surface area contributed by atoms with E-state index < -0.39 is 5.54 Å². The van der Waals surface area contributed by atoms with Gasteiger partial charge in [0, 0.05) is 17.1 Å². The van der Waals surface area contributed by atoms with Crippen molar-refractivity contribution in [2.75, 3.05) is 7.11 Å². The summed E-state index contributed by atoms with van der Waals surface area (Å²) in [7, 11) is 1.52. The van der Waals surface area contributed by atoms with Crippen LogP contribution in [-0.2, 0) is 21.7 Å². The average Bonchev–Trinajstić information content (AvgIpc) is 2.28. The van der Waals surface area contributed by atoms with E-state index in [1.807, 2.05) is 6.07 Å². The number of halogens is 2. The lowest BCUT2D eigenvalue weighted by molar-refractivity contribution is 0.180. The average molecular weight is 314 g/mol. The molecule has 1 saturated carbocycles. The zero-order chi connectivity index (χ0) is 13.2. The van der Waals surface area contributed by atoms with Crippen LogP contribution in [0.4, 0.5) is 4.39 Å². The lowest BCUT2D eigenvalue weighted by atomic mass is 9.72. The first-order valence-corrected chi connectivity index (χ1v) is 6.48. The Bertz CT molecular complexity index is 485. The molecule has 0 saturated heterocycles. The highest BCUT2D eigenvalue weighted by molar-refractivity contribution is 9.10. The van der Waals surface area contributed by atoms with Gasteiger partial charge in [0.2, 0.25) is 6.08 Å². The lowest BCUT2D eigenvalue weighted by Crippen LogP contribution is -2.32. The Kier molecular flexibility index (Phi) is 3.95. The fourth-order valence-corrected chi connectivity index (χ4v) is 2.77. The Morgan fingerprint density at radius 3 is 2.72 bits per heavy atom. The summed E-state index contributed by atoms with van der Waals surface area (Å²) in [5.74, 6) is -0.339. The summed E-state index contributed by atoms with van der Waals surface area (Å²) >= 11 is 3.34. The van der Waals surface area contributed by atoms with E-state index in [1.54, 1.807) is 6.08 Å². The standard InChI is InChI=1S/C13H13BrFNO2/c1-18-7-10-11(14)5-9(6-12(10)15)13(16-8-17)3-2-4-13/h5-6H,2-4,7H2,1H3. The molecule has 0 unspecified atom stereocenters. The number of nitrogens with zero attached hydrogens (tertiary/aromatic N) is 1. The van der Waals surface area contributed by atoms with Crippen molar-refractivity contribution in [3.63, 3.8) is 0 Å². The largest absolute Gasteiger partial charge is 0.380 e. The quantitative estimate of drug-likeness (QED) is 0.631. The number of rotatable bonds is 4. The van der Waals surface area contributed by atoms with Crippen LogP contribution in [0.25, 0.3) is 0 Å². The molecule has 0 aromatic heterocycles. The molecule has 3 nitrogen and oxygen atoms in total. The second-order valence-electron chi connectivity index (χ2n) is 4.44. The number of ether oxygens (including phenoxy) is 1. The molecule has 96 valence electrons. The second-order valence-corrected chi connectivity index (χ2v) is 5.29. The van der Waals surface area contributed by atoms with E-state index in [0.29, 0.717) is 10.0 Å². The maximum atomic E-state index is 14.0. The molecule has 0 amide bonds. The summed E-state index contributed by atoms with van der Waals surface area (Å²) in [6.45, 7) is 0.205. The number of hydrogen-bond acceptors (Lipinski definition) is 3. The number of hydrogen-bond donors (Lipinski definition) is 0. The van der Waals surface area contributed by atoms with E-state index in [0.717, 1.165) is 24.8 Å². The SMILES string of the molecule is COCc1c(F)cc(C2(N=C=O)CCC2)cc1Br. The molecule has 1 aromatic carbocycles. The molecule has 0 heterocycles. The number of benzene rings is 1. The van der Waals surface area contributed by atoms with Crippen LogP contribution in [-0.4, -0.2) is 13.2 Å². The van der Waals surface area contributed by atoms with Gasteiger partial charge in [0.1, 0.15) is 5.82 Å². The molecule has 0 N–H and O–H groups in total. The minimum Gasteiger partial charge on any atom is -0.380 e. The molecular weight excluding hydrogens is 301 g/mol. The fourth-order valence-electron chi connectivity index (χ4n) is 2.22. The Labute approximate surface area is 113 Å². The number of isocyanates is 1. The third-order valence-electron chi connectivity index (χ3n) is 3.41. The van der Waals surface area contributed by atoms with Crippen LogP contribution in [0.5, 0.6) is 0 Å². The Morgan fingerprint density at radius 2 is 2.28 bits per heavy atom. The summed E-state index contributed by atoms with van der Waals surface area (Å²) in [6, 6.07) is 3.26. The molecule has 0 atom stereocenters. The van der Waals surface area contributed by atoms with Crippen molar-refractivity contribution in [1.29, 1.82) is 0 Å².